The first-order valence-corrected chi connectivity index (χ1v) is 10.2. The lowest BCUT2D eigenvalue weighted by molar-refractivity contribution is -0.247. The maximum atomic E-state index is 12.3. The van der Waals surface area contributed by atoms with Crippen LogP contribution in [-0.2, 0) is 23.7 Å². The van der Waals surface area contributed by atoms with Crippen LogP contribution in [0.3, 0.4) is 0 Å². The van der Waals surface area contributed by atoms with Crippen molar-refractivity contribution in [3.05, 3.63) is 0 Å². The van der Waals surface area contributed by atoms with Crippen LogP contribution in [0.15, 0.2) is 0 Å². The van der Waals surface area contributed by atoms with E-state index in [2.05, 4.69) is 20.8 Å². The zero-order valence-electron chi connectivity index (χ0n) is 18.0. The minimum Gasteiger partial charge on any atom is -0.467 e. The second-order valence-corrected chi connectivity index (χ2v) is 9.52. The van der Waals surface area contributed by atoms with Crippen LogP contribution in [0.4, 0.5) is 0 Å². The first kappa shape index (κ1) is 22.6. The number of hydrogen-bond donors (Lipinski definition) is 1. The van der Waals surface area contributed by atoms with Crippen molar-refractivity contribution < 1.29 is 28.8 Å². The first-order valence-electron chi connectivity index (χ1n) is 10.2. The Balaban J connectivity index is 2.21. The van der Waals surface area contributed by atoms with Gasteiger partial charge in [0.2, 0.25) is 0 Å². The molecule has 6 atom stereocenters. The van der Waals surface area contributed by atoms with Crippen molar-refractivity contribution in [3.8, 4) is 0 Å². The molecule has 6 heteroatoms. The average molecular weight is 387 g/mol. The summed E-state index contributed by atoms with van der Waals surface area (Å²) in [5.74, 6) is 0.0707. The Labute approximate surface area is 163 Å². The van der Waals surface area contributed by atoms with Crippen molar-refractivity contribution in [2.24, 2.45) is 17.8 Å². The van der Waals surface area contributed by atoms with Crippen LogP contribution in [-0.4, -0.2) is 54.5 Å². The van der Waals surface area contributed by atoms with Crippen molar-refractivity contribution in [2.45, 2.75) is 96.9 Å². The molecule has 1 spiro atoms. The van der Waals surface area contributed by atoms with Gasteiger partial charge in [-0.3, -0.25) is 0 Å². The molecule has 0 unspecified atom stereocenters. The van der Waals surface area contributed by atoms with Crippen LogP contribution in [0.5, 0.6) is 0 Å². The highest BCUT2D eigenvalue weighted by atomic mass is 16.8. The summed E-state index contributed by atoms with van der Waals surface area (Å²) in [6.45, 7) is 12.2. The zero-order chi connectivity index (χ0) is 20.4. The third-order valence-corrected chi connectivity index (χ3v) is 5.68. The van der Waals surface area contributed by atoms with Crippen molar-refractivity contribution >= 4 is 5.97 Å². The van der Waals surface area contributed by atoms with Crippen molar-refractivity contribution in [3.63, 3.8) is 0 Å². The van der Waals surface area contributed by atoms with Gasteiger partial charge in [0.15, 0.2) is 11.9 Å². The molecule has 1 saturated carbocycles. The zero-order valence-corrected chi connectivity index (χ0v) is 18.0. The Bertz CT molecular complexity index is 499. The quantitative estimate of drug-likeness (QED) is 0.706. The van der Waals surface area contributed by atoms with Gasteiger partial charge in [0.05, 0.1) is 25.4 Å². The molecule has 0 radical (unpaired) electrons. The summed E-state index contributed by atoms with van der Waals surface area (Å²) in [6.07, 6.45) is 1.68. The van der Waals surface area contributed by atoms with Crippen LogP contribution in [0.1, 0.15) is 67.2 Å². The topological polar surface area (TPSA) is 74.2 Å². The van der Waals surface area contributed by atoms with E-state index in [9.17, 15) is 9.90 Å². The maximum absolute atomic E-state index is 12.3. The summed E-state index contributed by atoms with van der Waals surface area (Å²) < 4.78 is 23.7. The monoisotopic (exact) mass is 386 g/mol. The number of ether oxygens (including phenoxy) is 4. The molecule has 1 heterocycles. The lowest BCUT2D eigenvalue weighted by Gasteiger charge is -2.44. The summed E-state index contributed by atoms with van der Waals surface area (Å²) in [7, 11) is 1.36. The smallest absolute Gasteiger partial charge is 0.335 e. The Morgan fingerprint density at radius 1 is 1.22 bits per heavy atom. The van der Waals surface area contributed by atoms with Gasteiger partial charge < -0.3 is 24.1 Å². The molecule has 0 bridgehead atoms. The molecular weight excluding hydrogens is 348 g/mol. The molecule has 0 amide bonds. The highest BCUT2D eigenvalue weighted by molar-refractivity contribution is 5.74. The number of esters is 1. The number of rotatable bonds is 6. The molecule has 6 nitrogen and oxygen atoms in total. The molecule has 0 aromatic carbocycles. The average Bonchev–Trinajstić information content (AvgIpc) is 2.89. The van der Waals surface area contributed by atoms with E-state index in [0.29, 0.717) is 18.3 Å². The second kappa shape index (κ2) is 8.76. The molecule has 27 heavy (non-hydrogen) atoms. The van der Waals surface area contributed by atoms with E-state index in [-0.39, 0.29) is 12.5 Å². The highest BCUT2D eigenvalue weighted by Crippen LogP contribution is 2.49. The maximum Gasteiger partial charge on any atom is 0.335 e. The van der Waals surface area contributed by atoms with Crippen LogP contribution in [0.25, 0.3) is 0 Å². The van der Waals surface area contributed by atoms with E-state index in [4.69, 9.17) is 18.9 Å². The lowest BCUT2D eigenvalue weighted by Crippen LogP contribution is -2.47. The number of hydrogen-bond acceptors (Lipinski definition) is 6. The molecule has 1 aliphatic carbocycles. The molecule has 2 aliphatic rings. The van der Waals surface area contributed by atoms with Gasteiger partial charge in [-0.15, -0.1) is 0 Å². The minimum atomic E-state index is -0.758. The fourth-order valence-corrected chi connectivity index (χ4v) is 4.54. The van der Waals surface area contributed by atoms with Gasteiger partial charge in [0.1, 0.15) is 6.10 Å². The van der Waals surface area contributed by atoms with Crippen molar-refractivity contribution in [1.82, 2.24) is 0 Å². The van der Waals surface area contributed by atoms with Gasteiger partial charge in [-0.25, -0.2) is 4.79 Å². The van der Waals surface area contributed by atoms with Gasteiger partial charge in [-0.2, -0.15) is 0 Å². The number of aliphatic hydroxyl groups is 1. The van der Waals surface area contributed by atoms with Crippen LogP contribution >= 0.6 is 0 Å². The summed E-state index contributed by atoms with van der Waals surface area (Å²) in [6, 6.07) is 0. The minimum absolute atomic E-state index is 0.144. The summed E-state index contributed by atoms with van der Waals surface area (Å²) in [4.78, 5) is 12.3. The van der Waals surface area contributed by atoms with Gasteiger partial charge in [0.25, 0.3) is 0 Å². The predicted octanol–water partition coefficient (Wildman–Crippen LogP) is 3.30. The third-order valence-electron chi connectivity index (χ3n) is 5.68. The molecule has 1 saturated heterocycles. The van der Waals surface area contributed by atoms with Crippen LogP contribution in [0.2, 0.25) is 0 Å². The SMILES string of the molecule is COC(=O)[C@H](C[C@H]1O[C@]2(C[C@H](C)CC[C@H]2C(C)C)O[C@H]1CO)OC(C)(C)C. The van der Waals surface area contributed by atoms with E-state index in [1.54, 1.807) is 0 Å². The van der Waals surface area contributed by atoms with Gasteiger partial charge in [-0.05, 0) is 39.0 Å². The van der Waals surface area contributed by atoms with Crippen LogP contribution < -0.4 is 0 Å². The molecule has 2 fully saturated rings. The molecule has 2 rings (SSSR count). The number of methoxy groups -OCH3 is 1. The van der Waals surface area contributed by atoms with Crippen LogP contribution in [0, 0.1) is 17.8 Å². The molecule has 1 aliphatic heterocycles. The van der Waals surface area contributed by atoms with Gasteiger partial charge in [-0.1, -0.05) is 27.2 Å². The molecule has 1 N–H and O–H groups in total. The van der Waals surface area contributed by atoms with Crippen molar-refractivity contribution in [2.75, 3.05) is 13.7 Å². The van der Waals surface area contributed by atoms with E-state index in [0.717, 1.165) is 19.3 Å². The predicted molar refractivity (Wildman–Crippen MR) is 102 cm³/mol. The molecular formula is C21H38O6. The molecule has 0 aromatic rings. The van der Waals surface area contributed by atoms with Gasteiger partial charge >= 0.3 is 5.97 Å². The van der Waals surface area contributed by atoms with Crippen molar-refractivity contribution in [1.29, 1.82) is 0 Å². The second-order valence-electron chi connectivity index (χ2n) is 9.52. The Kier molecular flexibility index (Phi) is 7.34. The van der Waals surface area contributed by atoms with E-state index in [1.807, 2.05) is 20.8 Å². The molecule has 158 valence electrons. The summed E-state index contributed by atoms with van der Waals surface area (Å²) in [5, 5.41) is 9.92. The molecule has 0 aromatic heterocycles. The first-order chi connectivity index (χ1) is 12.5. The fraction of sp³-hybridized carbons (Fsp3) is 0.952. The number of carbonyl (C=O) groups is 1. The lowest BCUT2D eigenvalue weighted by atomic mass is 9.73. The highest BCUT2D eigenvalue weighted by Gasteiger charge is 2.55. The Morgan fingerprint density at radius 2 is 1.85 bits per heavy atom. The Morgan fingerprint density at radius 3 is 2.37 bits per heavy atom. The largest absolute Gasteiger partial charge is 0.467 e. The number of aliphatic hydroxyl groups excluding tert-OH is 1. The fourth-order valence-electron chi connectivity index (χ4n) is 4.54. The van der Waals surface area contributed by atoms with E-state index in [1.165, 1.54) is 7.11 Å². The third kappa shape index (κ3) is 5.43. The van der Waals surface area contributed by atoms with E-state index >= 15 is 0 Å². The summed E-state index contributed by atoms with van der Waals surface area (Å²) >= 11 is 0. The van der Waals surface area contributed by atoms with E-state index < -0.39 is 35.7 Å². The standard InChI is InChI=1S/C21H38O6/c1-13(2)15-9-8-14(3)11-21(15)26-16(18(12-22)27-21)10-17(19(23)24-7)25-20(4,5)6/h13-18,22H,8-12H2,1-7H3/t14-,15+,16-,17+,18+,21-/m1/s1. The normalized spacial score (nSPS) is 35.6. The summed E-state index contributed by atoms with van der Waals surface area (Å²) in [5.41, 5.74) is -0.495. The number of carbonyl (C=O) groups excluding carboxylic acids is 1. The van der Waals surface area contributed by atoms with Gasteiger partial charge in [0, 0.05) is 18.8 Å². The Hall–Kier alpha value is -0.690.